The maximum Gasteiger partial charge on any atom is 0.143 e. The van der Waals surface area contributed by atoms with E-state index in [2.05, 4.69) is 18.6 Å². The number of rotatable bonds is 5. The van der Waals surface area contributed by atoms with Crippen LogP contribution < -0.4 is 0 Å². The van der Waals surface area contributed by atoms with Gasteiger partial charge in [0.15, 0.2) is 0 Å². The molecule has 0 bridgehead atoms. The summed E-state index contributed by atoms with van der Waals surface area (Å²) in [6, 6.07) is 0. The van der Waals surface area contributed by atoms with Crippen LogP contribution in [0.3, 0.4) is 0 Å². The molecule has 4 heteroatoms. The number of aliphatic hydroxyl groups excluding tert-OH is 2. The fourth-order valence-electron chi connectivity index (χ4n) is 0.327. The minimum absolute atomic E-state index is 0.215. The Labute approximate surface area is 87.9 Å². The summed E-state index contributed by atoms with van der Waals surface area (Å²) < 4.78 is 9.47. The zero-order chi connectivity index (χ0) is 11.7. The lowest BCUT2D eigenvalue weighted by atomic mass is 10.6. The SMILES string of the molecule is CCC.CCO.CCOCCOCO. The number of aliphatic hydroxyl groups is 2. The monoisotopic (exact) mass is 210 g/mol. The first kappa shape index (κ1) is 19.4. The van der Waals surface area contributed by atoms with Gasteiger partial charge in [-0.05, 0) is 13.8 Å². The lowest BCUT2D eigenvalue weighted by Gasteiger charge is -1.98. The minimum atomic E-state index is -0.215. The van der Waals surface area contributed by atoms with E-state index in [9.17, 15) is 0 Å². The van der Waals surface area contributed by atoms with Crippen LogP contribution in [0.25, 0.3) is 0 Å². The van der Waals surface area contributed by atoms with Crippen LogP contribution in [0, 0.1) is 0 Å². The van der Waals surface area contributed by atoms with Gasteiger partial charge in [0.05, 0.1) is 13.2 Å². The van der Waals surface area contributed by atoms with Gasteiger partial charge in [-0.15, -0.1) is 0 Å². The molecule has 0 aromatic heterocycles. The molecule has 0 saturated heterocycles. The van der Waals surface area contributed by atoms with E-state index in [0.29, 0.717) is 19.8 Å². The molecule has 14 heavy (non-hydrogen) atoms. The molecule has 0 saturated carbocycles. The zero-order valence-electron chi connectivity index (χ0n) is 9.95. The third-order valence-corrected chi connectivity index (χ3v) is 0.667. The average Bonchev–Trinajstić information content (AvgIpc) is 2.15. The van der Waals surface area contributed by atoms with E-state index in [4.69, 9.17) is 14.9 Å². The molecular weight excluding hydrogens is 184 g/mol. The predicted molar refractivity (Wildman–Crippen MR) is 58.3 cm³/mol. The van der Waals surface area contributed by atoms with E-state index >= 15 is 0 Å². The smallest absolute Gasteiger partial charge is 0.143 e. The van der Waals surface area contributed by atoms with E-state index in [1.54, 1.807) is 6.92 Å². The van der Waals surface area contributed by atoms with Crippen molar-refractivity contribution in [3.63, 3.8) is 0 Å². The van der Waals surface area contributed by atoms with E-state index in [1.165, 1.54) is 6.42 Å². The lowest BCUT2D eigenvalue weighted by Crippen LogP contribution is -2.03. The predicted octanol–water partition coefficient (Wildman–Crippen LogP) is 1.40. The molecule has 0 aliphatic heterocycles. The molecule has 4 nitrogen and oxygen atoms in total. The number of hydrogen-bond donors (Lipinski definition) is 2. The van der Waals surface area contributed by atoms with Crippen LogP contribution in [0.4, 0.5) is 0 Å². The summed E-state index contributed by atoms with van der Waals surface area (Å²) in [6.07, 6.45) is 1.25. The topological polar surface area (TPSA) is 58.9 Å². The van der Waals surface area contributed by atoms with Crippen molar-refractivity contribution in [1.82, 2.24) is 0 Å². The van der Waals surface area contributed by atoms with Gasteiger partial charge < -0.3 is 19.7 Å². The Hall–Kier alpha value is -0.160. The molecule has 0 aliphatic rings. The molecule has 0 spiro atoms. The van der Waals surface area contributed by atoms with Crippen LogP contribution in [0.15, 0.2) is 0 Å². The van der Waals surface area contributed by atoms with Crippen molar-refractivity contribution in [2.45, 2.75) is 34.1 Å². The van der Waals surface area contributed by atoms with Gasteiger partial charge in [-0.1, -0.05) is 20.3 Å². The van der Waals surface area contributed by atoms with Crippen LogP contribution in [0.5, 0.6) is 0 Å². The van der Waals surface area contributed by atoms with Crippen LogP contribution in [-0.4, -0.2) is 43.4 Å². The standard InChI is InChI=1S/C5H12O3.C3H8.C2H6O/c1-2-7-3-4-8-5-6;1-3-2;1-2-3/h6H,2-5H2,1H3;3H2,1-2H3;3H,2H2,1H3. The highest BCUT2D eigenvalue weighted by molar-refractivity contribution is 4.22. The second-order valence-corrected chi connectivity index (χ2v) is 2.26. The zero-order valence-corrected chi connectivity index (χ0v) is 9.95. The summed E-state index contributed by atoms with van der Waals surface area (Å²) in [6.45, 7) is 9.63. The maximum atomic E-state index is 8.09. The summed E-state index contributed by atoms with van der Waals surface area (Å²) in [4.78, 5) is 0. The van der Waals surface area contributed by atoms with Crippen LogP contribution in [0.2, 0.25) is 0 Å². The summed E-state index contributed by atoms with van der Waals surface area (Å²) in [5, 5.41) is 15.7. The normalized spacial score (nSPS) is 8.14. The van der Waals surface area contributed by atoms with Gasteiger partial charge in [0.25, 0.3) is 0 Å². The van der Waals surface area contributed by atoms with Crippen LogP contribution in [-0.2, 0) is 9.47 Å². The Balaban J connectivity index is -0.000000168. The summed E-state index contributed by atoms with van der Waals surface area (Å²) >= 11 is 0. The van der Waals surface area contributed by atoms with Crippen molar-refractivity contribution in [3.05, 3.63) is 0 Å². The van der Waals surface area contributed by atoms with Gasteiger partial charge in [0.2, 0.25) is 0 Å². The molecule has 0 amide bonds. The van der Waals surface area contributed by atoms with Crippen LogP contribution >= 0.6 is 0 Å². The van der Waals surface area contributed by atoms with Crippen molar-refractivity contribution in [3.8, 4) is 0 Å². The molecule has 0 aromatic rings. The second kappa shape index (κ2) is 29.3. The molecule has 0 rings (SSSR count). The molecule has 2 N–H and O–H groups in total. The van der Waals surface area contributed by atoms with Gasteiger partial charge in [-0.2, -0.15) is 0 Å². The summed E-state index contributed by atoms with van der Waals surface area (Å²) in [5.74, 6) is 0. The lowest BCUT2D eigenvalue weighted by molar-refractivity contribution is -0.0276. The Morgan fingerprint density at radius 1 is 0.857 bits per heavy atom. The quantitative estimate of drug-likeness (QED) is 0.532. The Morgan fingerprint density at radius 3 is 1.50 bits per heavy atom. The van der Waals surface area contributed by atoms with Crippen LogP contribution in [0.1, 0.15) is 34.1 Å². The second-order valence-electron chi connectivity index (χ2n) is 2.26. The molecule has 0 unspecified atom stereocenters. The Morgan fingerprint density at radius 2 is 1.21 bits per heavy atom. The fraction of sp³-hybridized carbons (Fsp3) is 1.00. The third kappa shape index (κ3) is 59.4. The number of hydrogen-bond acceptors (Lipinski definition) is 4. The largest absolute Gasteiger partial charge is 0.397 e. The molecule has 0 radical (unpaired) electrons. The van der Waals surface area contributed by atoms with Gasteiger partial charge in [0, 0.05) is 13.2 Å². The van der Waals surface area contributed by atoms with E-state index in [0.717, 1.165) is 0 Å². The van der Waals surface area contributed by atoms with Crippen molar-refractivity contribution < 1.29 is 19.7 Å². The van der Waals surface area contributed by atoms with E-state index in [1.807, 2.05) is 6.92 Å². The molecule has 90 valence electrons. The highest BCUT2D eigenvalue weighted by Crippen LogP contribution is 1.74. The first-order chi connectivity index (χ1) is 6.74. The molecule has 0 fully saturated rings. The van der Waals surface area contributed by atoms with Crippen molar-refractivity contribution >= 4 is 0 Å². The first-order valence-electron chi connectivity index (χ1n) is 5.12. The molecule has 0 aliphatic carbocycles. The highest BCUT2D eigenvalue weighted by Gasteiger charge is 1.81. The van der Waals surface area contributed by atoms with Crippen molar-refractivity contribution in [2.75, 3.05) is 33.2 Å². The van der Waals surface area contributed by atoms with Gasteiger partial charge in [0.1, 0.15) is 6.79 Å². The van der Waals surface area contributed by atoms with Gasteiger partial charge >= 0.3 is 0 Å². The minimum Gasteiger partial charge on any atom is -0.397 e. The van der Waals surface area contributed by atoms with Crippen molar-refractivity contribution in [2.24, 2.45) is 0 Å². The Kier molecular flexibility index (Phi) is 40.6. The highest BCUT2D eigenvalue weighted by atomic mass is 16.6. The Bertz CT molecular complexity index is 52.1. The third-order valence-electron chi connectivity index (χ3n) is 0.667. The fourth-order valence-corrected chi connectivity index (χ4v) is 0.327. The first-order valence-corrected chi connectivity index (χ1v) is 5.12. The van der Waals surface area contributed by atoms with Gasteiger partial charge in [-0.3, -0.25) is 0 Å². The molecule has 0 aromatic carbocycles. The molecule has 0 atom stereocenters. The average molecular weight is 210 g/mol. The molecular formula is C10H26O4. The van der Waals surface area contributed by atoms with Crippen molar-refractivity contribution in [1.29, 1.82) is 0 Å². The van der Waals surface area contributed by atoms with Gasteiger partial charge in [-0.25, -0.2) is 0 Å². The molecule has 0 heterocycles. The maximum absolute atomic E-state index is 8.09. The van der Waals surface area contributed by atoms with E-state index < -0.39 is 0 Å². The summed E-state index contributed by atoms with van der Waals surface area (Å²) in [7, 11) is 0. The summed E-state index contributed by atoms with van der Waals surface area (Å²) in [5.41, 5.74) is 0. The number of ether oxygens (including phenoxy) is 2. The van der Waals surface area contributed by atoms with E-state index in [-0.39, 0.29) is 13.4 Å².